The van der Waals surface area contributed by atoms with E-state index in [2.05, 4.69) is 27.8 Å². The Morgan fingerprint density at radius 2 is 2.00 bits per heavy atom. The summed E-state index contributed by atoms with van der Waals surface area (Å²) in [7, 11) is 2.69. The molecule has 1 aliphatic rings. The number of nitrogens with zero attached hydrogens (tertiary/aromatic N) is 2. The van der Waals surface area contributed by atoms with E-state index in [0.29, 0.717) is 17.4 Å². The summed E-state index contributed by atoms with van der Waals surface area (Å²) in [5, 5.41) is 10.2. The molecule has 7 heteroatoms. The minimum Gasteiger partial charge on any atom is -0.464 e. The minimum absolute atomic E-state index is 0.0971. The molecule has 27 heavy (non-hydrogen) atoms. The maximum atomic E-state index is 12.0. The van der Waals surface area contributed by atoms with E-state index in [1.807, 2.05) is 25.1 Å². The van der Waals surface area contributed by atoms with Crippen LogP contribution in [-0.2, 0) is 25.8 Å². The molecule has 6 nitrogen and oxygen atoms in total. The molecule has 0 aliphatic heterocycles. The van der Waals surface area contributed by atoms with Crippen molar-refractivity contribution in [1.29, 1.82) is 0 Å². The number of hydrogen-bond acceptors (Lipinski definition) is 7. The summed E-state index contributed by atoms with van der Waals surface area (Å²) in [6.07, 6.45) is 1.11. The second-order valence-corrected chi connectivity index (χ2v) is 7.22. The van der Waals surface area contributed by atoms with Crippen molar-refractivity contribution in [2.75, 3.05) is 14.2 Å². The van der Waals surface area contributed by atoms with Crippen LogP contribution in [-0.4, -0.2) is 31.6 Å². The van der Waals surface area contributed by atoms with Gasteiger partial charge in [-0.05, 0) is 24.8 Å². The van der Waals surface area contributed by atoms with Crippen LogP contribution in [0.15, 0.2) is 52.1 Å². The standard InChI is InChI=1S/C20H22N2O4S/c1-13(16-11-17(16)18-9-6-10-27-18)21-26-12-14-7-4-5-8-15(14)19(22-25-3)20(23)24-2/h4-10,16-17H,11-12H2,1-3H3/b21-13+,22-19+/t16-,17+/m0/s1. The summed E-state index contributed by atoms with van der Waals surface area (Å²) in [6.45, 7) is 2.22. The molecule has 1 aromatic heterocycles. The summed E-state index contributed by atoms with van der Waals surface area (Å²) in [5.74, 6) is 0.435. The van der Waals surface area contributed by atoms with E-state index in [4.69, 9.17) is 14.4 Å². The van der Waals surface area contributed by atoms with E-state index in [0.717, 1.165) is 17.7 Å². The van der Waals surface area contributed by atoms with Crippen LogP contribution in [0, 0.1) is 5.92 Å². The van der Waals surface area contributed by atoms with Gasteiger partial charge in [-0.15, -0.1) is 11.3 Å². The Hall–Kier alpha value is -2.67. The lowest BCUT2D eigenvalue weighted by molar-refractivity contribution is -0.132. The molecule has 1 heterocycles. The number of esters is 1. The fraction of sp³-hybridized carbons (Fsp3) is 0.350. The third-order valence-electron chi connectivity index (χ3n) is 4.50. The summed E-state index contributed by atoms with van der Waals surface area (Å²) < 4.78 is 4.79. The zero-order valence-corrected chi connectivity index (χ0v) is 16.4. The van der Waals surface area contributed by atoms with Gasteiger partial charge in [-0.25, -0.2) is 4.79 Å². The Labute approximate surface area is 162 Å². The van der Waals surface area contributed by atoms with Crippen LogP contribution in [0.5, 0.6) is 0 Å². The van der Waals surface area contributed by atoms with E-state index < -0.39 is 5.97 Å². The fourth-order valence-electron chi connectivity index (χ4n) is 3.01. The van der Waals surface area contributed by atoms with Gasteiger partial charge in [0.25, 0.3) is 0 Å². The van der Waals surface area contributed by atoms with E-state index in [1.165, 1.54) is 19.1 Å². The molecule has 0 bridgehead atoms. The van der Waals surface area contributed by atoms with Crippen LogP contribution in [0.3, 0.4) is 0 Å². The Balaban J connectivity index is 1.66. The Bertz CT molecular complexity index is 845. The number of carbonyl (C=O) groups is 1. The van der Waals surface area contributed by atoms with Crippen LogP contribution in [0.4, 0.5) is 0 Å². The van der Waals surface area contributed by atoms with Crippen LogP contribution >= 0.6 is 11.3 Å². The van der Waals surface area contributed by atoms with Gasteiger partial charge in [0.1, 0.15) is 13.7 Å². The second-order valence-electron chi connectivity index (χ2n) is 6.24. The molecule has 2 aromatic rings. The molecule has 3 rings (SSSR count). The molecule has 0 N–H and O–H groups in total. The van der Waals surface area contributed by atoms with Crippen molar-refractivity contribution in [2.45, 2.75) is 25.9 Å². The number of oxime groups is 2. The van der Waals surface area contributed by atoms with Crippen molar-refractivity contribution < 1.29 is 19.2 Å². The number of thiophene rings is 1. The fourth-order valence-corrected chi connectivity index (χ4v) is 3.91. The molecule has 0 amide bonds. The molecule has 0 radical (unpaired) electrons. The largest absolute Gasteiger partial charge is 0.464 e. The summed E-state index contributed by atoms with van der Waals surface area (Å²) in [6, 6.07) is 11.6. The highest BCUT2D eigenvalue weighted by atomic mass is 32.1. The Morgan fingerprint density at radius 1 is 1.19 bits per heavy atom. The predicted octanol–water partition coefficient (Wildman–Crippen LogP) is 3.97. The van der Waals surface area contributed by atoms with E-state index >= 15 is 0 Å². The molecule has 2 atom stereocenters. The van der Waals surface area contributed by atoms with Gasteiger partial charge in [-0.2, -0.15) is 0 Å². The third-order valence-corrected chi connectivity index (χ3v) is 5.50. The Kier molecular flexibility index (Phi) is 6.24. The van der Waals surface area contributed by atoms with E-state index in [9.17, 15) is 4.79 Å². The molecule has 1 aromatic carbocycles. The quantitative estimate of drug-likeness (QED) is 0.391. The van der Waals surface area contributed by atoms with Crippen molar-refractivity contribution >= 4 is 28.7 Å². The summed E-state index contributed by atoms with van der Waals surface area (Å²) in [4.78, 5) is 23.7. The smallest absolute Gasteiger partial charge is 0.360 e. The number of methoxy groups -OCH3 is 1. The number of benzene rings is 1. The van der Waals surface area contributed by atoms with E-state index in [-0.39, 0.29) is 12.3 Å². The first-order valence-corrected chi connectivity index (χ1v) is 9.51. The first-order valence-electron chi connectivity index (χ1n) is 8.63. The average Bonchev–Trinajstić information content (AvgIpc) is 3.31. The van der Waals surface area contributed by atoms with Crippen molar-refractivity contribution in [3.05, 3.63) is 57.8 Å². The summed E-state index contributed by atoms with van der Waals surface area (Å²) in [5.41, 5.74) is 2.47. The third kappa shape index (κ3) is 4.54. The van der Waals surface area contributed by atoms with Gasteiger partial charge in [0.05, 0.1) is 12.8 Å². The number of rotatable bonds is 8. The Morgan fingerprint density at radius 3 is 2.70 bits per heavy atom. The number of ether oxygens (including phenoxy) is 1. The molecule has 0 saturated heterocycles. The summed E-state index contributed by atoms with van der Waals surface area (Å²) >= 11 is 1.79. The monoisotopic (exact) mass is 386 g/mol. The second kappa shape index (κ2) is 8.81. The zero-order chi connectivity index (χ0) is 19.2. The minimum atomic E-state index is -0.569. The molecule has 1 fully saturated rings. The van der Waals surface area contributed by atoms with Gasteiger partial charge >= 0.3 is 5.97 Å². The molecular formula is C20H22N2O4S. The van der Waals surface area contributed by atoms with Crippen LogP contribution in [0.25, 0.3) is 0 Å². The topological polar surface area (TPSA) is 69.5 Å². The number of hydrogen-bond donors (Lipinski definition) is 0. The van der Waals surface area contributed by atoms with Crippen LogP contribution in [0.1, 0.15) is 35.3 Å². The van der Waals surface area contributed by atoms with Gasteiger partial charge in [0, 0.05) is 27.8 Å². The SMILES string of the molecule is CO/N=C(/C(=O)OC)c1ccccc1CO/N=C(\C)[C@@H]1C[C@H]1c1cccs1. The average molecular weight is 386 g/mol. The van der Waals surface area contributed by atoms with Gasteiger partial charge in [0.2, 0.25) is 0 Å². The first-order chi connectivity index (χ1) is 13.2. The molecule has 1 aliphatic carbocycles. The van der Waals surface area contributed by atoms with Gasteiger partial charge in [0.15, 0.2) is 5.71 Å². The maximum Gasteiger partial charge on any atom is 0.360 e. The van der Waals surface area contributed by atoms with Gasteiger partial charge < -0.3 is 14.4 Å². The lowest BCUT2D eigenvalue weighted by atomic mass is 10.0. The molecule has 0 unspecified atom stereocenters. The predicted molar refractivity (Wildman–Crippen MR) is 105 cm³/mol. The van der Waals surface area contributed by atoms with Crippen LogP contribution < -0.4 is 0 Å². The van der Waals surface area contributed by atoms with Gasteiger partial charge in [-0.1, -0.05) is 40.6 Å². The number of carbonyl (C=O) groups excluding carboxylic acids is 1. The highest BCUT2D eigenvalue weighted by Gasteiger charge is 2.41. The van der Waals surface area contributed by atoms with Crippen molar-refractivity contribution in [3.8, 4) is 0 Å². The normalized spacial score (nSPS) is 19.5. The van der Waals surface area contributed by atoms with E-state index in [1.54, 1.807) is 17.4 Å². The first kappa shape index (κ1) is 19.1. The van der Waals surface area contributed by atoms with Crippen molar-refractivity contribution in [2.24, 2.45) is 16.2 Å². The molecule has 142 valence electrons. The highest BCUT2D eigenvalue weighted by molar-refractivity contribution is 7.10. The lowest BCUT2D eigenvalue weighted by Crippen LogP contribution is -2.19. The molecule has 0 spiro atoms. The lowest BCUT2D eigenvalue weighted by Gasteiger charge is -2.09. The van der Waals surface area contributed by atoms with Crippen LogP contribution in [0.2, 0.25) is 0 Å². The van der Waals surface area contributed by atoms with Crippen molar-refractivity contribution in [3.63, 3.8) is 0 Å². The van der Waals surface area contributed by atoms with Gasteiger partial charge in [-0.3, -0.25) is 0 Å². The highest BCUT2D eigenvalue weighted by Crippen LogP contribution is 2.49. The van der Waals surface area contributed by atoms with Crippen molar-refractivity contribution in [1.82, 2.24) is 0 Å². The molecular weight excluding hydrogens is 364 g/mol. The molecule has 1 saturated carbocycles. The maximum absolute atomic E-state index is 12.0. The zero-order valence-electron chi connectivity index (χ0n) is 15.5.